The van der Waals surface area contributed by atoms with Crippen LogP contribution in [0.4, 0.5) is 5.82 Å². The summed E-state index contributed by atoms with van der Waals surface area (Å²) in [5.74, 6) is 1.69. The maximum Gasteiger partial charge on any atom is 0.126 e. The first kappa shape index (κ1) is 15.0. The highest BCUT2D eigenvalue weighted by Crippen LogP contribution is 2.16. The molecule has 0 spiro atoms. The van der Waals surface area contributed by atoms with Gasteiger partial charge in [-0.3, -0.25) is 4.68 Å². The standard InChI is InChI=1S/C17H25N5/c1-14-7-10-22(21-14)11-9-19-17-6-2-5-16(20-17)12-15-4-3-8-18-13-15/h2,5-7,10,15,18H,3-4,8-9,11-13H2,1H3,(H,19,20)/t15-/m0/s1. The first-order valence-corrected chi connectivity index (χ1v) is 8.20. The molecule has 1 atom stereocenters. The first-order valence-electron chi connectivity index (χ1n) is 8.20. The average Bonchev–Trinajstić information content (AvgIpc) is 2.94. The Labute approximate surface area is 132 Å². The molecule has 0 bridgehead atoms. The molecule has 2 N–H and O–H groups in total. The number of nitrogens with zero attached hydrogens (tertiary/aromatic N) is 3. The van der Waals surface area contributed by atoms with Crippen LogP contribution in [0.1, 0.15) is 24.2 Å². The minimum Gasteiger partial charge on any atom is -0.368 e. The van der Waals surface area contributed by atoms with Gasteiger partial charge in [-0.25, -0.2) is 4.98 Å². The van der Waals surface area contributed by atoms with Crippen molar-refractivity contribution < 1.29 is 0 Å². The van der Waals surface area contributed by atoms with Gasteiger partial charge in [0, 0.05) is 18.4 Å². The number of rotatable bonds is 6. The molecule has 22 heavy (non-hydrogen) atoms. The fraction of sp³-hybridized carbons (Fsp3) is 0.529. The van der Waals surface area contributed by atoms with Gasteiger partial charge in [-0.2, -0.15) is 5.10 Å². The number of nitrogens with one attached hydrogen (secondary N) is 2. The van der Waals surface area contributed by atoms with E-state index in [-0.39, 0.29) is 0 Å². The summed E-state index contributed by atoms with van der Waals surface area (Å²) in [6.45, 7) is 5.99. The van der Waals surface area contributed by atoms with Crippen LogP contribution in [0.3, 0.4) is 0 Å². The molecule has 1 saturated heterocycles. The molecule has 0 amide bonds. The molecular formula is C17H25N5. The lowest BCUT2D eigenvalue weighted by atomic mass is 9.94. The van der Waals surface area contributed by atoms with Gasteiger partial charge in [0.15, 0.2) is 0 Å². The zero-order chi connectivity index (χ0) is 15.2. The molecule has 1 fully saturated rings. The van der Waals surface area contributed by atoms with Crippen molar-refractivity contribution in [1.82, 2.24) is 20.1 Å². The van der Waals surface area contributed by atoms with Crippen LogP contribution < -0.4 is 10.6 Å². The molecular weight excluding hydrogens is 274 g/mol. The highest BCUT2D eigenvalue weighted by Gasteiger charge is 2.14. The molecule has 0 aromatic carbocycles. The number of anilines is 1. The van der Waals surface area contributed by atoms with Gasteiger partial charge in [-0.05, 0) is 63.4 Å². The molecule has 2 aromatic heterocycles. The van der Waals surface area contributed by atoms with Crippen LogP contribution in [-0.2, 0) is 13.0 Å². The van der Waals surface area contributed by atoms with Crippen LogP contribution in [0, 0.1) is 12.8 Å². The largest absolute Gasteiger partial charge is 0.368 e. The summed E-state index contributed by atoms with van der Waals surface area (Å²) in [6.07, 6.45) is 5.68. The lowest BCUT2D eigenvalue weighted by molar-refractivity contribution is 0.373. The molecule has 3 rings (SSSR count). The maximum absolute atomic E-state index is 4.73. The van der Waals surface area contributed by atoms with E-state index in [0.29, 0.717) is 0 Å². The zero-order valence-electron chi connectivity index (χ0n) is 13.3. The summed E-state index contributed by atoms with van der Waals surface area (Å²) in [5, 5.41) is 11.2. The van der Waals surface area contributed by atoms with E-state index in [2.05, 4.69) is 27.9 Å². The van der Waals surface area contributed by atoms with Crippen molar-refractivity contribution in [2.24, 2.45) is 5.92 Å². The predicted molar refractivity (Wildman–Crippen MR) is 89.0 cm³/mol. The van der Waals surface area contributed by atoms with Gasteiger partial charge in [-0.15, -0.1) is 0 Å². The highest BCUT2D eigenvalue weighted by molar-refractivity contribution is 5.35. The van der Waals surface area contributed by atoms with Gasteiger partial charge in [0.1, 0.15) is 5.82 Å². The third-order valence-electron chi connectivity index (χ3n) is 4.12. The normalized spacial score (nSPS) is 18.3. The quantitative estimate of drug-likeness (QED) is 0.859. The lowest BCUT2D eigenvalue weighted by Crippen LogP contribution is -2.31. The van der Waals surface area contributed by atoms with Crippen molar-refractivity contribution in [3.63, 3.8) is 0 Å². The molecule has 118 valence electrons. The Hall–Kier alpha value is -1.88. The molecule has 2 aromatic rings. The van der Waals surface area contributed by atoms with Crippen LogP contribution in [0.15, 0.2) is 30.5 Å². The summed E-state index contributed by atoms with van der Waals surface area (Å²) in [7, 11) is 0. The molecule has 3 heterocycles. The third-order valence-corrected chi connectivity index (χ3v) is 4.12. The Bertz CT molecular complexity index is 586. The lowest BCUT2D eigenvalue weighted by Gasteiger charge is -2.22. The van der Waals surface area contributed by atoms with Crippen molar-refractivity contribution in [2.45, 2.75) is 32.7 Å². The SMILES string of the molecule is Cc1ccn(CCNc2cccc(C[C@@H]3CCCNC3)n2)n1. The van der Waals surface area contributed by atoms with E-state index in [0.717, 1.165) is 43.5 Å². The fourth-order valence-corrected chi connectivity index (χ4v) is 2.97. The van der Waals surface area contributed by atoms with E-state index in [9.17, 15) is 0 Å². The van der Waals surface area contributed by atoms with E-state index in [1.807, 2.05) is 29.9 Å². The number of hydrogen-bond acceptors (Lipinski definition) is 4. The Morgan fingerprint density at radius 3 is 3.09 bits per heavy atom. The Kier molecular flexibility index (Phi) is 5.06. The second-order valence-corrected chi connectivity index (χ2v) is 6.08. The zero-order valence-corrected chi connectivity index (χ0v) is 13.3. The van der Waals surface area contributed by atoms with E-state index in [1.54, 1.807) is 0 Å². The summed E-state index contributed by atoms with van der Waals surface area (Å²) in [6, 6.07) is 8.30. The topological polar surface area (TPSA) is 54.8 Å². The predicted octanol–water partition coefficient (Wildman–Crippen LogP) is 2.24. The number of aryl methyl sites for hydroxylation is 1. The van der Waals surface area contributed by atoms with Crippen molar-refractivity contribution in [3.8, 4) is 0 Å². The third kappa shape index (κ3) is 4.31. The molecule has 5 nitrogen and oxygen atoms in total. The minimum atomic E-state index is 0.726. The van der Waals surface area contributed by atoms with E-state index < -0.39 is 0 Å². The van der Waals surface area contributed by atoms with E-state index in [1.165, 1.54) is 25.1 Å². The van der Waals surface area contributed by atoms with Gasteiger partial charge in [0.25, 0.3) is 0 Å². The van der Waals surface area contributed by atoms with Crippen molar-refractivity contribution >= 4 is 5.82 Å². The fourth-order valence-electron chi connectivity index (χ4n) is 2.97. The molecule has 0 saturated carbocycles. The van der Waals surface area contributed by atoms with Crippen LogP contribution in [0.5, 0.6) is 0 Å². The Balaban J connectivity index is 1.50. The van der Waals surface area contributed by atoms with Crippen LogP contribution in [-0.4, -0.2) is 34.4 Å². The maximum atomic E-state index is 4.73. The summed E-state index contributed by atoms with van der Waals surface area (Å²) in [4.78, 5) is 4.73. The molecule has 1 aliphatic rings. The smallest absolute Gasteiger partial charge is 0.126 e. The van der Waals surface area contributed by atoms with Gasteiger partial charge in [0.05, 0.1) is 12.2 Å². The average molecular weight is 299 g/mol. The number of piperidine rings is 1. The number of hydrogen-bond donors (Lipinski definition) is 2. The molecule has 1 aliphatic heterocycles. The second kappa shape index (κ2) is 7.40. The van der Waals surface area contributed by atoms with Gasteiger partial charge in [0.2, 0.25) is 0 Å². The summed E-state index contributed by atoms with van der Waals surface area (Å²) < 4.78 is 1.96. The second-order valence-electron chi connectivity index (χ2n) is 6.08. The number of aromatic nitrogens is 3. The van der Waals surface area contributed by atoms with E-state index in [4.69, 9.17) is 4.98 Å². The van der Waals surface area contributed by atoms with Crippen LogP contribution >= 0.6 is 0 Å². The van der Waals surface area contributed by atoms with Gasteiger partial charge >= 0.3 is 0 Å². The van der Waals surface area contributed by atoms with Crippen molar-refractivity contribution in [2.75, 3.05) is 25.0 Å². The molecule has 0 unspecified atom stereocenters. The van der Waals surface area contributed by atoms with Crippen LogP contribution in [0.25, 0.3) is 0 Å². The van der Waals surface area contributed by atoms with Crippen molar-refractivity contribution in [3.05, 3.63) is 41.9 Å². The van der Waals surface area contributed by atoms with E-state index >= 15 is 0 Å². The van der Waals surface area contributed by atoms with Gasteiger partial charge in [-0.1, -0.05) is 6.07 Å². The minimum absolute atomic E-state index is 0.726. The molecule has 5 heteroatoms. The van der Waals surface area contributed by atoms with Crippen molar-refractivity contribution in [1.29, 1.82) is 0 Å². The van der Waals surface area contributed by atoms with Crippen LogP contribution in [0.2, 0.25) is 0 Å². The Morgan fingerprint density at radius 1 is 1.36 bits per heavy atom. The highest BCUT2D eigenvalue weighted by atomic mass is 15.3. The summed E-state index contributed by atoms with van der Waals surface area (Å²) >= 11 is 0. The number of pyridine rings is 1. The molecule has 0 radical (unpaired) electrons. The first-order chi connectivity index (χ1) is 10.8. The van der Waals surface area contributed by atoms with Gasteiger partial charge < -0.3 is 10.6 Å². The Morgan fingerprint density at radius 2 is 2.32 bits per heavy atom. The summed E-state index contributed by atoms with van der Waals surface area (Å²) in [5.41, 5.74) is 2.25. The molecule has 0 aliphatic carbocycles. The monoisotopic (exact) mass is 299 g/mol.